The minimum absolute atomic E-state index is 0.0657. The van der Waals surface area contributed by atoms with Crippen molar-refractivity contribution in [1.82, 2.24) is 15.0 Å². The Morgan fingerprint density at radius 3 is 2.46 bits per heavy atom. The van der Waals surface area contributed by atoms with Crippen molar-refractivity contribution in [2.24, 2.45) is 0 Å². The summed E-state index contributed by atoms with van der Waals surface area (Å²) in [5.74, 6) is 1.19. The molecule has 0 N–H and O–H groups in total. The van der Waals surface area contributed by atoms with Gasteiger partial charge < -0.3 is 9.42 Å². The summed E-state index contributed by atoms with van der Waals surface area (Å²) in [5, 5.41) is 4.11. The molecule has 1 amide bonds. The number of hydrogen-bond donors (Lipinski definition) is 0. The van der Waals surface area contributed by atoms with Crippen LogP contribution in [0, 0.1) is 12.7 Å². The van der Waals surface area contributed by atoms with E-state index < -0.39 is 0 Å². The molecule has 2 heterocycles. The molecule has 3 aromatic rings. The molecule has 1 fully saturated rings. The molecule has 0 unspecified atom stereocenters. The van der Waals surface area contributed by atoms with Gasteiger partial charge in [-0.3, -0.25) is 4.79 Å². The highest BCUT2D eigenvalue weighted by atomic mass is 19.1. The molecule has 6 heteroatoms. The van der Waals surface area contributed by atoms with Gasteiger partial charge in [-0.25, -0.2) is 4.39 Å². The molecule has 144 valence electrons. The van der Waals surface area contributed by atoms with Crippen molar-refractivity contribution >= 4 is 5.91 Å². The number of piperidine rings is 1. The van der Waals surface area contributed by atoms with E-state index in [9.17, 15) is 9.18 Å². The van der Waals surface area contributed by atoms with E-state index in [-0.39, 0.29) is 17.6 Å². The van der Waals surface area contributed by atoms with E-state index >= 15 is 0 Å². The Morgan fingerprint density at radius 2 is 1.79 bits per heavy atom. The molecule has 1 saturated heterocycles. The van der Waals surface area contributed by atoms with Crippen LogP contribution in [-0.4, -0.2) is 34.0 Å². The Bertz CT molecular complexity index is 943. The molecule has 0 bridgehead atoms. The predicted octanol–water partition coefficient (Wildman–Crippen LogP) is 4.13. The molecule has 5 nitrogen and oxygen atoms in total. The van der Waals surface area contributed by atoms with Crippen molar-refractivity contribution in [2.75, 3.05) is 13.1 Å². The second-order valence-corrected chi connectivity index (χ2v) is 7.28. The van der Waals surface area contributed by atoms with Gasteiger partial charge in [-0.1, -0.05) is 47.1 Å². The van der Waals surface area contributed by atoms with Gasteiger partial charge in [0.2, 0.25) is 17.6 Å². The fraction of sp³-hybridized carbons (Fsp3) is 0.318. The third-order valence-corrected chi connectivity index (χ3v) is 5.22. The first kappa shape index (κ1) is 18.3. The number of aromatic nitrogens is 2. The van der Waals surface area contributed by atoms with Gasteiger partial charge in [0.15, 0.2) is 0 Å². The fourth-order valence-corrected chi connectivity index (χ4v) is 3.49. The molecule has 1 aliphatic heterocycles. The van der Waals surface area contributed by atoms with E-state index in [0.29, 0.717) is 31.2 Å². The van der Waals surface area contributed by atoms with Crippen molar-refractivity contribution in [3.05, 3.63) is 71.4 Å². The Morgan fingerprint density at radius 1 is 1.11 bits per heavy atom. The van der Waals surface area contributed by atoms with Crippen molar-refractivity contribution in [3.8, 4) is 11.4 Å². The van der Waals surface area contributed by atoms with Crippen LogP contribution in [0.2, 0.25) is 0 Å². The van der Waals surface area contributed by atoms with Crippen molar-refractivity contribution in [3.63, 3.8) is 0 Å². The van der Waals surface area contributed by atoms with Crippen LogP contribution in [-0.2, 0) is 11.2 Å². The van der Waals surface area contributed by atoms with Gasteiger partial charge in [0, 0.05) is 24.6 Å². The number of hydrogen-bond acceptors (Lipinski definition) is 4. The summed E-state index contributed by atoms with van der Waals surface area (Å²) in [5.41, 5.74) is 2.95. The first-order valence-corrected chi connectivity index (χ1v) is 9.51. The van der Waals surface area contributed by atoms with Gasteiger partial charge in [-0.15, -0.1) is 0 Å². The zero-order valence-electron chi connectivity index (χ0n) is 15.8. The fourth-order valence-electron chi connectivity index (χ4n) is 3.49. The number of halogens is 1. The normalized spacial score (nSPS) is 15.0. The van der Waals surface area contributed by atoms with Gasteiger partial charge in [-0.05, 0) is 37.5 Å². The van der Waals surface area contributed by atoms with Crippen LogP contribution in [0.4, 0.5) is 4.39 Å². The number of carbonyl (C=O) groups is 1. The highest BCUT2D eigenvalue weighted by Crippen LogP contribution is 2.29. The third kappa shape index (κ3) is 4.11. The largest absolute Gasteiger partial charge is 0.342 e. The number of carbonyl (C=O) groups excluding carboxylic acids is 1. The monoisotopic (exact) mass is 379 g/mol. The molecule has 0 atom stereocenters. The molecule has 1 aliphatic rings. The lowest BCUT2D eigenvalue weighted by Crippen LogP contribution is -2.38. The summed E-state index contributed by atoms with van der Waals surface area (Å²) in [6.45, 7) is 3.36. The van der Waals surface area contributed by atoms with E-state index in [1.807, 2.05) is 36.1 Å². The van der Waals surface area contributed by atoms with Crippen molar-refractivity contribution in [2.45, 2.75) is 32.1 Å². The first-order valence-electron chi connectivity index (χ1n) is 9.51. The molecule has 0 saturated carbocycles. The minimum atomic E-state index is -0.290. The summed E-state index contributed by atoms with van der Waals surface area (Å²) in [7, 11) is 0. The molecule has 2 aromatic carbocycles. The maximum absolute atomic E-state index is 13.0. The van der Waals surface area contributed by atoms with Gasteiger partial charge in [-0.2, -0.15) is 4.98 Å². The van der Waals surface area contributed by atoms with Gasteiger partial charge in [0.1, 0.15) is 5.82 Å². The van der Waals surface area contributed by atoms with Crippen LogP contribution in [0.25, 0.3) is 11.4 Å². The zero-order chi connectivity index (χ0) is 19.5. The van der Waals surface area contributed by atoms with E-state index in [2.05, 4.69) is 10.1 Å². The Labute approximate surface area is 163 Å². The number of nitrogens with zero attached hydrogens (tertiary/aromatic N) is 3. The average Bonchev–Trinajstić information content (AvgIpc) is 3.20. The second kappa shape index (κ2) is 7.92. The van der Waals surface area contributed by atoms with Crippen LogP contribution in [0.1, 0.15) is 35.8 Å². The van der Waals surface area contributed by atoms with Crippen LogP contribution >= 0.6 is 0 Å². The molecular formula is C22H22FN3O2. The topological polar surface area (TPSA) is 59.2 Å². The Hall–Kier alpha value is -3.02. The Kier molecular flexibility index (Phi) is 5.19. The lowest BCUT2D eigenvalue weighted by atomic mass is 9.96. The number of aryl methyl sites for hydroxylation is 1. The average molecular weight is 379 g/mol. The van der Waals surface area contributed by atoms with Gasteiger partial charge >= 0.3 is 0 Å². The molecule has 4 rings (SSSR count). The van der Waals surface area contributed by atoms with E-state index in [1.165, 1.54) is 17.7 Å². The molecule has 0 spiro atoms. The summed E-state index contributed by atoms with van der Waals surface area (Å²) >= 11 is 0. The zero-order valence-corrected chi connectivity index (χ0v) is 15.8. The summed E-state index contributed by atoms with van der Waals surface area (Å²) in [6.07, 6.45) is 1.89. The van der Waals surface area contributed by atoms with Crippen molar-refractivity contribution in [1.29, 1.82) is 0 Å². The lowest BCUT2D eigenvalue weighted by molar-refractivity contribution is -0.131. The third-order valence-electron chi connectivity index (χ3n) is 5.22. The van der Waals surface area contributed by atoms with E-state index in [4.69, 9.17) is 4.52 Å². The Balaban J connectivity index is 1.34. The maximum atomic E-state index is 13.0. The predicted molar refractivity (Wildman–Crippen MR) is 103 cm³/mol. The van der Waals surface area contributed by atoms with Gasteiger partial charge in [0.25, 0.3) is 0 Å². The highest BCUT2D eigenvalue weighted by molar-refractivity contribution is 5.78. The van der Waals surface area contributed by atoms with E-state index in [1.54, 1.807) is 12.1 Å². The van der Waals surface area contributed by atoms with Crippen LogP contribution < -0.4 is 0 Å². The molecule has 0 aliphatic carbocycles. The summed E-state index contributed by atoms with van der Waals surface area (Å²) in [6, 6.07) is 14.1. The van der Waals surface area contributed by atoms with Crippen LogP contribution in [0.15, 0.2) is 53.1 Å². The number of likely N-dealkylation sites (tertiary alicyclic amines) is 1. The maximum Gasteiger partial charge on any atom is 0.230 e. The summed E-state index contributed by atoms with van der Waals surface area (Å²) < 4.78 is 18.5. The summed E-state index contributed by atoms with van der Waals surface area (Å²) in [4.78, 5) is 18.9. The number of amides is 1. The molecule has 0 radical (unpaired) electrons. The second-order valence-electron chi connectivity index (χ2n) is 7.28. The van der Waals surface area contributed by atoms with Gasteiger partial charge in [0.05, 0.1) is 6.42 Å². The quantitative estimate of drug-likeness (QED) is 0.684. The van der Waals surface area contributed by atoms with Crippen LogP contribution in [0.3, 0.4) is 0 Å². The standard InChI is InChI=1S/C22H22FN3O2/c1-15-2-6-17(7-3-15)21-24-22(28-25-21)18-10-12-26(13-11-18)20(27)14-16-4-8-19(23)9-5-16/h2-9,18H,10-14H2,1H3. The number of rotatable bonds is 4. The highest BCUT2D eigenvalue weighted by Gasteiger charge is 2.27. The molecular weight excluding hydrogens is 357 g/mol. The smallest absolute Gasteiger partial charge is 0.230 e. The first-order chi connectivity index (χ1) is 13.6. The lowest BCUT2D eigenvalue weighted by Gasteiger charge is -2.30. The van der Waals surface area contributed by atoms with Crippen molar-refractivity contribution < 1.29 is 13.7 Å². The number of benzene rings is 2. The minimum Gasteiger partial charge on any atom is -0.342 e. The van der Waals surface area contributed by atoms with E-state index in [0.717, 1.165) is 24.0 Å². The molecule has 28 heavy (non-hydrogen) atoms. The van der Waals surface area contributed by atoms with Crippen LogP contribution in [0.5, 0.6) is 0 Å². The SMILES string of the molecule is Cc1ccc(-c2noc(C3CCN(C(=O)Cc4ccc(F)cc4)CC3)n2)cc1. The molecule has 1 aromatic heterocycles.